The quantitative estimate of drug-likeness (QED) is 0.891. The Kier molecular flexibility index (Phi) is 6.70. The number of amides is 1. The highest BCUT2D eigenvalue weighted by Crippen LogP contribution is 2.30. The van der Waals surface area contributed by atoms with E-state index in [1.165, 1.54) is 18.4 Å². The van der Waals surface area contributed by atoms with Gasteiger partial charge in [-0.25, -0.2) is 0 Å². The van der Waals surface area contributed by atoms with E-state index in [1.807, 2.05) is 12.1 Å². The predicted molar refractivity (Wildman–Crippen MR) is 97.8 cm³/mol. The van der Waals surface area contributed by atoms with E-state index < -0.39 is 0 Å². The van der Waals surface area contributed by atoms with E-state index >= 15 is 0 Å². The van der Waals surface area contributed by atoms with Crippen LogP contribution in [0.2, 0.25) is 0 Å². The van der Waals surface area contributed by atoms with Crippen molar-refractivity contribution in [3.05, 3.63) is 29.8 Å². The summed E-state index contributed by atoms with van der Waals surface area (Å²) in [6.45, 7) is 2.97. The van der Waals surface area contributed by atoms with Gasteiger partial charge < -0.3 is 14.8 Å². The Morgan fingerprint density at radius 3 is 2.64 bits per heavy atom. The van der Waals surface area contributed by atoms with Gasteiger partial charge in [0, 0.05) is 25.3 Å². The number of hydrogen-bond donors (Lipinski definition) is 1. The molecular formula is C20H30N2O3. The molecule has 138 valence electrons. The Labute approximate surface area is 150 Å². The Balaban J connectivity index is 1.63. The van der Waals surface area contributed by atoms with Crippen LogP contribution in [-0.4, -0.2) is 50.3 Å². The second-order valence-corrected chi connectivity index (χ2v) is 7.06. The highest BCUT2D eigenvalue weighted by atomic mass is 16.5. The van der Waals surface area contributed by atoms with Crippen molar-refractivity contribution in [2.45, 2.75) is 50.6 Å². The van der Waals surface area contributed by atoms with Crippen LogP contribution >= 0.6 is 0 Å². The first-order valence-electron chi connectivity index (χ1n) is 9.51. The molecule has 1 N–H and O–H groups in total. The van der Waals surface area contributed by atoms with Crippen molar-refractivity contribution in [2.24, 2.45) is 0 Å². The highest BCUT2D eigenvalue weighted by molar-refractivity contribution is 5.78. The average molecular weight is 346 g/mol. The zero-order valence-electron chi connectivity index (χ0n) is 15.2. The second kappa shape index (κ2) is 9.20. The van der Waals surface area contributed by atoms with Crippen LogP contribution in [0, 0.1) is 0 Å². The van der Waals surface area contributed by atoms with Gasteiger partial charge in [0.25, 0.3) is 0 Å². The van der Waals surface area contributed by atoms with Gasteiger partial charge in [0.2, 0.25) is 5.91 Å². The molecule has 3 rings (SSSR count). The molecule has 2 heterocycles. The molecule has 0 bridgehead atoms. The van der Waals surface area contributed by atoms with Gasteiger partial charge in [0.05, 0.1) is 13.7 Å². The van der Waals surface area contributed by atoms with E-state index in [0.29, 0.717) is 12.6 Å². The van der Waals surface area contributed by atoms with E-state index in [4.69, 9.17) is 9.47 Å². The first kappa shape index (κ1) is 18.2. The molecule has 1 atom stereocenters. The molecule has 0 aliphatic carbocycles. The number of carbonyl (C=O) groups is 1. The molecule has 0 spiro atoms. The molecule has 25 heavy (non-hydrogen) atoms. The maximum absolute atomic E-state index is 12.6. The third-order valence-corrected chi connectivity index (χ3v) is 5.30. The van der Waals surface area contributed by atoms with E-state index in [1.54, 1.807) is 7.11 Å². The summed E-state index contributed by atoms with van der Waals surface area (Å²) in [5, 5.41) is 3.20. The van der Waals surface area contributed by atoms with Crippen LogP contribution in [0.5, 0.6) is 5.75 Å². The third-order valence-electron chi connectivity index (χ3n) is 5.30. The van der Waals surface area contributed by atoms with Crippen LogP contribution < -0.4 is 10.1 Å². The van der Waals surface area contributed by atoms with Gasteiger partial charge in [0.15, 0.2) is 0 Å². The molecule has 0 radical (unpaired) electrons. The number of carbonyl (C=O) groups excluding carboxylic acids is 1. The molecule has 1 aromatic carbocycles. The third kappa shape index (κ3) is 5.19. The Morgan fingerprint density at radius 1 is 1.16 bits per heavy atom. The van der Waals surface area contributed by atoms with Gasteiger partial charge in [-0.3, -0.25) is 9.69 Å². The summed E-state index contributed by atoms with van der Waals surface area (Å²) in [5.74, 6) is 1.02. The fraction of sp³-hybridized carbons (Fsp3) is 0.650. The first-order chi connectivity index (χ1) is 12.3. The van der Waals surface area contributed by atoms with Crippen LogP contribution in [-0.2, 0) is 9.53 Å². The molecule has 0 aromatic heterocycles. The Hall–Kier alpha value is -1.59. The molecule has 2 aliphatic heterocycles. The fourth-order valence-electron chi connectivity index (χ4n) is 3.86. The van der Waals surface area contributed by atoms with Gasteiger partial charge in [-0.05, 0) is 49.9 Å². The maximum atomic E-state index is 12.6. The fourth-order valence-corrected chi connectivity index (χ4v) is 3.86. The van der Waals surface area contributed by atoms with Crippen LogP contribution in [0.1, 0.15) is 50.1 Å². The van der Waals surface area contributed by atoms with Crippen LogP contribution in [0.4, 0.5) is 0 Å². The summed E-state index contributed by atoms with van der Waals surface area (Å²) in [7, 11) is 1.69. The topological polar surface area (TPSA) is 50.8 Å². The summed E-state index contributed by atoms with van der Waals surface area (Å²) >= 11 is 0. The minimum atomic E-state index is 0.146. The number of methoxy groups -OCH3 is 1. The number of nitrogens with one attached hydrogen (secondary N) is 1. The molecule has 0 saturated carbocycles. The van der Waals surface area contributed by atoms with Crippen LogP contribution in [0.3, 0.4) is 0 Å². The van der Waals surface area contributed by atoms with Gasteiger partial charge in [-0.1, -0.05) is 25.0 Å². The summed E-state index contributed by atoms with van der Waals surface area (Å²) in [4.78, 5) is 14.9. The van der Waals surface area contributed by atoms with E-state index in [0.717, 1.165) is 51.2 Å². The predicted octanol–water partition coefficient (Wildman–Crippen LogP) is 2.91. The number of benzene rings is 1. The second-order valence-electron chi connectivity index (χ2n) is 7.06. The molecule has 1 amide bonds. The van der Waals surface area contributed by atoms with Crippen molar-refractivity contribution in [3.8, 4) is 5.75 Å². The van der Waals surface area contributed by atoms with Crippen LogP contribution in [0.25, 0.3) is 0 Å². The lowest BCUT2D eigenvalue weighted by Crippen LogP contribution is -2.45. The van der Waals surface area contributed by atoms with Gasteiger partial charge >= 0.3 is 0 Å². The highest BCUT2D eigenvalue weighted by Gasteiger charge is 2.25. The van der Waals surface area contributed by atoms with E-state index in [2.05, 4.69) is 22.3 Å². The lowest BCUT2D eigenvalue weighted by atomic mass is 10.0. The lowest BCUT2D eigenvalue weighted by Gasteiger charge is -2.31. The average Bonchev–Trinajstić information content (AvgIpc) is 2.88. The number of hydrogen-bond acceptors (Lipinski definition) is 4. The molecule has 0 unspecified atom stereocenters. The molecule has 2 fully saturated rings. The summed E-state index contributed by atoms with van der Waals surface area (Å²) < 4.78 is 10.6. The zero-order chi connectivity index (χ0) is 17.5. The van der Waals surface area contributed by atoms with Crippen molar-refractivity contribution in [1.82, 2.24) is 10.2 Å². The van der Waals surface area contributed by atoms with Gasteiger partial charge in [-0.15, -0.1) is 0 Å². The molecule has 2 saturated heterocycles. The number of rotatable bonds is 5. The summed E-state index contributed by atoms with van der Waals surface area (Å²) in [6, 6.07) is 8.89. The van der Waals surface area contributed by atoms with Gasteiger partial charge in [0.1, 0.15) is 5.75 Å². The molecule has 5 heteroatoms. The largest absolute Gasteiger partial charge is 0.497 e. The van der Waals surface area contributed by atoms with E-state index in [-0.39, 0.29) is 11.9 Å². The molecule has 2 aliphatic rings. The summed E-state index contributed by atoms with van der Waals surface area (Å²) in [5.41, 5.74) is 1.28. The summed E-state index contributed by atoms with van der Waals surface area (Å²) in [6.07, 6.45) is 6.58. The number of likely N-dealkylation sites (tertiary alicyclic amines) is 1. The van der Waals surface area contributed by atoms with Crippen LogP contribution in [0.15, 0.2) is 24.3 Å². The zero-order valence-corrected chi connectivity index (χ0v) is 15.2. The Morgan fingerprint density at radius 2 is 1.92 bits per heavy atom. The maximum Gasteiger partial charge on any atom is 0.234 e. The lowest BCUT2D eigenvalue weighted by molar-refractivity contribution is -0.124. The standard InChI is InChI=1S/C20H30N2O3/c1-24-18-8-6-16(7-9-18)19-5-3-2-4-12-22(19)15-20(23)21-17-10-13-25-14-11-17/h6-9,17,19H,2-5,10-15H2,1H3,(H,21,23)/t19-/m1/s1. The van der Waals surface area contributed by atoms with Gasteiger partial charge in [-0.2, -0.15) is 0 Å². The smallest absolute Gasteiger partial charge is 0.234 e. The first-order valence-corrected chi connectivity index (χ1v) is 9.51. The van der Waals surface area contributed by atoms with E-state index in [9.17, 15) is 4.79 Å². The van der Waals surface area contributed by atoms with Crippen molar-refractivity contribution >= 4 is 5.91 Å². The minimum absolute atomic E-state index is 0.146. The van der Waals surface area contributed by atoms with Crippen molar-refractivity contribution in [3.63, 3.8) is 0 Å². The molecule has 1 aromatic rings. The van der Waals surface area contributed by atoms with Crippen molar-refractivity contribution in [1.29, 1.82) is 0 Å². The molecular weight excluding hydrogens is 316 g/mol. The van der Waals surface area contributed by atoms with Crippen molar-refractivity contribution in [2.75, 3.05) is 33.4 Å². The number of ether oxygens (including phenoxy) is 2. The SMILES string of the molecule is COc1ccc([C@H]2CCCCCN2CC(=O)NC2CCOCC2)cc1. The Bertz CT molecular complexity index is 540. The minimum Gasteiger partial charge on any atom is -0.497 e. The van der Waals surface area contributed by atoms with Crippen molar-refractivity contribution < 1.29 is 14.3 Å². The number of nitrogens with zero attached hydrogens (tertiary/aromatic N) is 1. The normalized spacial score (nSPS) is 23.0. The monoisotopic (exact) mass is 346 g/mol. The molecule has 5 nitrogen and oxygen atoms in total.